The highest BCUT2D eigenvalue weighted by atomic mass is 35.5. The number of nitrogens with zero attached hydrogens (tertiary/aromatic N) is 4. The first kappa shape index (κ1) is 18.0. The largest absolute Gasteiger partial charge is 0.333 e. The van der Waals surface area contributed by atoms with Crippen molar-refractivity contribution in [3.05, 3.63) is 52.8 Å². The molecule has 0 bridgehead atoms. The highest BCUT2D eigenvalue weighted by Gasteiger charge is 2.31. The fourth-order valence-electron chi connectivity index (χ4n) is 4.07. The summed E-state index contributed by atoms with van der Waals surface area (Å²) < 4.78 is 1.77. The van der Waals surface area contributed by atoms with Crippen molar-refractivity contribution in [2.75, 3.05) is 0 Å². The van der Waals surface area contributed by atoms with Crippen LogP contribution in [0.5, 0.6) is 0 Å². The van der Waals surface area contributed by atoms with Gasteiger partial charge in [-0.1, -0.05) is 29.8 Å². The molecule has 1 saturated heterocycles. The Balaban J connectivity index is 1.81. The fourth-order valence-corrected chi connectivity index (χ4v) is 4.42. The smallest absolute Gasteiger partial charge is 0.257 e. The first-order valence-corrected chi connectivity index (χ1v) is 9.78. The van der Waals surface area contributed by atoms with Gasteiger partial charge in [0, 0.05) is 18.3 Å². The summed E-state index contributed by atoms with van der Waals surface area (Å²) in [6.45, 7) is 6.11. The first-order valence-electron chi connectivity index (χ1n) is 9.41. The van der Waals surface area contributed by atoms with Gasteiger partial charge in [0.25, 0.3) is 5.91 Å². The molecule has 27 heavy (non-hydrogen) atoms. The molecule has 3 aromatic rings. The van der Waals surface area contributed by atoms with Crippen molar-refractivity contribution < 1.29 is 4.79 Å². The molecule has 6 heteroatoms. The molecule has 1 amide bonds. The summed E-state index contributed by atoms with van der Waals surface area (Å²) in [6, 6.07) is 10.2. The molecule has 0 spiro atoms. The summed E-state index contributed by atoms with van der Waals surface area (Å²) in [5.74, 6) is -0.0408. The summed E-state index contributed by atoms with van der Waals surface area (Å²) >= 11 is 6.72. The van der Waals surface area contributed by atoms with E-state index in [-0.39, 0.29) is 18.0 Å². The van der Waals surface area contributed by atoms with Gasteiger partial charge in [-0.15, -0.1) is 0 Å². The number of carbonyl (C=O) groups excluding carboxylic acids is 1. The average molecular weight is 383 g/mol. The number of rotatable bonds is 2. The minimum absolute atomic E-state index is 0.0408. The third-order valence-electron chi connectivity index (χ3n) is 5.47. The van der Waals surface area contributed by atoms with Crippen molar-refractivity contribution in [3.8, 4) is 5.69 Å². The van der Waals surface area contributed by atoms with Crippen LogP contribution in [0.15, 0.2) is 36.5 Å². The molecule has 1 aliphatic rings. The zero-order valence-corrected chi connectivity index (χ0v) is 16.6. The molecule has 2 atom stereocenters. The normalized spacial score (nSPS) is 20.2. The lowest BCUT2D eigenvalue weighted by Crippen LogP contribution is -2.47. The second kappa shape index (κ2) is 6.97. The van der Waals surface area contributed by atoms with Gasteiger partial charge >= 0.3 is 0 Å². The Morgan fingerprint density at radius 2 is 1.81 bits per heavy atom. The molecule has 3 heterocycles. The maximum Gasteiger partial charge on any atom is 0.257 e. The lowest BCUT2D eigenvalue weighted by Gasteiger charge is -2.39. The van der Waals surface area contributed by atoms with Crippen LogP contribution >= 0.6 is 11.6 Å². The average Bonchev–Trinajstić information content (AvgIpc) is 3.00. The van der Waals surface area contributed by atoms with E-state index in [4.69, 9.17) is 11.6 Å². The molecule has 0 unspecified atom stereocenters. The highest BCUT2D eigenvalue weighted by molar-refractivity contribution is 6.38. The first-order chi connectivity index (χ1) is 13.0. The van der Waals surface area contributed by atoms with Gasteiger partial charge in [0.2, 0.25) is 0 Å². The number of hydrogen-bond acceptors (Lipinski definition) is 3. The summed E-state index contributed by atoms with van der Waals surface area (Å²) in [4.78, 5) is 19.8. The molecule has 2 aromatic heterocycles. The predicted molar refractivity (Wildman–Crippen MR) is 108 cm³/mol. The van der Waals surface area contributed by atoms with Crippen LogP contribution in [-0.4, -0.2) is 37.7 Å². The minimum Gasteiger partial charge on any atom is -0.333 e. The van der Waals surface area contributed by atoms with Crippen LogP contribution in [0.4, 0.5) is 0 Å². The number of aryl methyl sites for hydroxylation is 1. The van der Waals surface area contributed by atoms with Crippen LogP contribution < -0.4 is 0 Å². The van der Waals surface area contributed by atoms with E-state index in [2.05, 4.69) is 23.9 Å². The Hall–Kier alpha value is -2.40. The second-order valence-electron chi connectivity index (χ2n) is 7.36. The number of benzene rings is 1. The summed E-state index contributed by atoms with van der Waals surface area (Å²) in [5, 5.41) is 5.79. The number of fused-ring (bicyclic) bond motifs is 1. The Labute approximate surface area is 164 Å². The number of hydrogen-bond donors (Lipinski definition) is 0. The zero-order valence-electron chi connectivity index (χ0n) is 15.8. The van der Waals surface area contributed by atoms with Gasteiger partial charge in [0.1, 0.15) is 0 Å². The maximum absolute atomic E-state index is 13.2. The highest BCUT2D eigenvalue weighted by Crippen LogP contribution is 2.32. The fraction of sp³-hybridized carbons (Fsp3) is 0.381. The van der Waals surface area contributed by atoms with E-state index in [9.17, 15) is 4.79 Å². The van der Waals surface area contributed by atoms with Crippen molar-refractivity contribution in [3.63, 3.8) is 0 Å². The molecule has 0 saturated carbocycles. The maximum atomic E-state index is 13.2. The van der Waals surface area contributed by atoms with Crippen molar-refractivity contribution in [2.45, 2.75) is 52.1 Å². The molecular weight excluding hydrogens is 360 g/mol. The number of amides is 1. The van der Waals surface area contributed by atoms with Gasteiger partial charge in [-0.05, 0) is 52.2 Å². The molecule has 0 N–H and O–H groups in total. The van der Waals surface area contributed by atoms with Gasteiger partial charge in [-0.2, -0.15) is 5.10 Å². The van der Waals surface area contributed by atoms with E-state index in [1.54, 1.807) is 10.9 Å². The molecular formula is C21H23ClN4O. The predicted octanol–water partition coefficient (Wildman–Crippen LogP) is 4.79. The van der Waals surface area contributed by atoms with Gasteiger partial charge in [-0.25, -0.2) is 9.67 Å². The van der Waals surface area contributed by atoms with E-state index >= 15 is 0 Å². The summed E-state index contributed by atoms with van der Waals surface area (Å²) in [7, 11) is 0. The van der Waals surface area contributed by atoms with Crippen LogP contribution in [-0.2, 0) is 0 Å². The van der Waals surface area contributed by atoms with Crippen LogP contribution in [0.25, 0.3) is 16.7 Å². The zero-order chi connectivity index (χ0) is 19.1. The quantitative estimate of drug-likeness (QED) is 0.640. The third kappa shape index (κ3) is 3.00. The minimum atomic E-state index is -0.0408. The topological polar surface area (TPSA) is 51.0 Å². The molecule has 140 valence electrons. The molecule has 1 aliphatic heterocycles. The number of likely N-dealkylation sites (tertiary alicyclic amines) is 1. The molecule has 4 rings (SSSR count). The number of carbonyl (C=O) groups is 1. The Morgan fingerprint density at radius 1 is 1.15 bits per heavy atom. The Bertz CT molecular complexity index is 988. The van der Waals surface area contributed by atoms with Gasteiger partial charge in [-0.3, -0.25) is 4.79 Å². The Morgan fingerprint density at radius 3 is 2.48 bits per heavy atom. The monoisotopic (exact) mass is 382 g/mol. The lowest BCUT2D eigenvalue weighted by molar-refractivity contribution is 0.0510. The van der Waals surface area contributed by atoms with Crippen molar-refractivity contribution >= 4 is 28.5 Å². The molecule has 5 nitrogen and oxygen atoms in total. The number of halogens is 1. The van der Waals surface area contributed by atoms with E-state index in [1.807, 2.05) is 42.2 Å². The summed E-state index contributed by atoms with van der Waals surface area (Å²) in [6.07, 6.45) is 4.80. The van der Waals surface area contributed by atoms with Crippen molar-refractivity contribution in [1.29, 1.82) is 0 Å². The number of pyridine rings is 1. The molecule has 1 fully saturated rings. The van der Waals surface area contributed by atoms with Crippen molar-refractivity contribution in [1.82, 2.24) is 19.7 Å². The van der Waals surface area contributed by atoms with Crippen LogP contribution in [0, 0.1) is 6.92 Å². The van der Waals surface area contributed by atoms with Crippen LogP contribution in [0.2, 0.25) is 5.02 Å². The van der Waals surface area contributed by atoms with E-state index in [0.29, 0.717) is 16.2 Å². The summed E-state index contributed by atoms with van der Waals surface area (Å²) in [5.41, 5.74) is 2.80. The van der Waals surface area contributed by atoms with E-state index in [0.717, 1.165) is 36.0 Å². The second-order valence-corrected chi connectivity index (χ2v) is 7.74. The lowest BCUT2D eigenvalue weighted by atomic mass is 9.96. The third-order valence-corrected chi connectivity index (χ3v) is 5.86. The van der Waals surface area contributed by atoms with E-state index in [1.165, 1.54) is 0 Å². The van der Waals surface area contributed by atoms with E-state index < -0.39 is 0 Å². The van der Waals surface area contributed by atoms with Crippen LogP contribution in [0.3, 0.4) is 0 Å². The SMILES string of the molecule is Cc1nn(-c2ccccc2)c2ncc(C(=O)N3[C@H](C)CCC[C@H]3C)c(Cl)c12. The molecule has 0 radical (unpaired) electrons. The number of piperidine rings is 1. The van der Waals surface area contributed by atoms with Crippen molar-refractivity contribution in [2.24, 2.45) is 0 Å². The Kier molecular flexibility index (Phi) is 4.64. The van der Waals surface area contributed by atoms with Gasteiger partial charge in [0.05, 0.1) is 27.4 Å². The number of aromatic nitrogens is 3. The standard InChI is InChI=1S/C21H23ClN4O/c1-13-8-7-9-14(2)25(13)21(27)17-12-23-20-18(19(17)22)15(3)24-26(20)16-10-5-4-6-11-16/h4-6,10-14H,7-9H2,1-3H3/t13-,14-/m1/s1. The van der Waals surface area contributed by atoms with Gasteiger partial charge < -0.3 is 4.90 Å². The van der Waals surface area contributed by atoms with Gasteiger partial charge in [0.15, 0.2) is 5.65 Å². The molecule has 0 aliphatic carbocycles. The number of para-hydroxylation sites is 1. The molecule has 1 aromatic carbocycles. The van der Waals surface area contributed by atoms with Crippen LogP contribution in [0.1, 0.15) is 49.2 Å².